The molecule has 114 valence electrons. The topological polar surface area (TPSA) is 29.1 Å². The lowest BCUT2D eigenvalue weighted by molar-refractivity contribution is 0.517. The van der Waals surface area contributed by atoms with Crippen LogP contribution in [0, 0.1) is 0 Å². The summed E-state index contributed by atoms with van der Waals surface area (Å²) in [5.41, 5.74) is 2.61. The first-order valence-corrected chi connectivity index (χ1v) is 9.21. The Labute approximate surface area is 126 Å². The molecule has 2 nitrogen and oxygen atoms in total. The van der Waals surface area contributed by atoms with Crippen molar-refractivity contribution in [2.75, 3.05) is 12.3 Å². The molecule has 3 atom stereocenters. The third kappa shape index (κ3) is 5.02. The lowest BCUT2D eigenvalue weighted by Gasteiger charge is -2.25. The normalized spacial score (nSPS) is 15.8. The molecule has 1 rings (SSSR count). The Balaban J connectivity index is 2.88. The fourth-order valence-corrected chi connectivity index (χ4v) is 3.69. The van der Waals surface area contributed by atoms with Gasteiger partial charge in [-0.05, 0) is 43.9 Å². The Kier molecular flexibility index (Phi) is 8.08. The van der Waals surface area contributed by atoms with Crippen LogP contribution in [-0.2, 0) is 17.2 Å². The van der Waals surface area contributed by atoms with Gasteiger partial charge in [-0.2, -0.15) is 0 Å². The first kappa shape index (κ1) is 17.4. The Morgan fingerprint density at radius 2 is 1.75 bits per heavy atom. The molecule has 0 bridgehead atoms. The molecule has 0 amide bonds. The molecule has 0 aliphatic rings. The molecule has 3 heteroatoms. The highest BCUT2D eigenvalue weighted by Gasteiger charge is 2.23. The van der Waals surface area contributed by atoms with Gasteiger partial charge < -0.3 is 5.32 Å². The van der Waals surface area contributed by atoms with E-state index in [-0.39, 0.29) is 11.3 Å². The summed E-state index contributed by atoms with van der Waals surface area (Å²) >= 11 is 0. The van der Waals surface area contributed by atoms with E-state index in [1.807, 2.05) is 0 Å². The number of aryl methyl sites for hydroxylation is 1. The average Bonchev–Trinajstić information content (AvgIpc) is 2.48. The van der Waals surface area contributed by atoms with Crippen LogP contribution in [0.3, 0.4) is 0 Å². The molecular weight excluding hydrogens is 266 g/mol. The second-order valence-electron chi connectivity index (χ2n) is 5.32. The highest BCUT2D eigenvalue weighted by Crippen LogP contribution is 2.22. The minimum atomic E-state index is -0.768. The van der Waals surface area contributed by atoms with Gasteiger partial charge in [0.15, 0.2) is 0 Å². The smallest absolute Gasteiger partial charge is 0.0514 e. The van der Waals surface area contributed by atoms with Gasteiger partial charge in [0.1, 0.15) is 0 Å². The van der Waals surface area contributed by atoms with Crippen LogP contribution in [0.25, 0.3) is 0 Å². The Hall–Kier alpha value is -0.670. The lowest BCUT2D eigenvalue weighted by atomic mass is 10.0. The molecule has 0 radical (unpaired) electrons. The zero-order valence-corrected chi connectivity index (χ0v) is 14.1. The number of nitrogens with one attached hydrogen (secondary N) is 1. The molecule has 0 saturated heterocycles. The Morgan fingerprint density at radius 1 is 1.10 bits per heavy atom. The van der Waals surface area contributed by atoms with Crippen molar-refractivity contribution < 1.29 is 4.21 Å². The molecule has 0 fully saturated rings. The second kappa shape index (κ2) is 9.30. The molecule has 0 aliphatic heterocycles. The SMILES string of the molecule is CCCNC(c1ccc(CC)cc1)C(C)S(=O)CCC. The quantitative estimate of drug-likeness (QED) is 0.750. The van der Waals surface area contributed by atoms with Gasteiger partial charge in [0, 0.05) is 22.6 Å². The van der Waals surface area contributed by atoms with Crippen LogP contribution in [-0.4, -0.2) is 21.8 Å². The average molecular weight is 295 g/mol. The number of rotatable bonds is 9. The minimum Gasteiger partial charge on any atom is -0.309 e. The second-order valence-corrected chi connectivity index (χ2v) is 7.23. The predicted molar refractivity (Wildman–Crippen MR) is 89.6 cm³/mol. The summed E-state index contributed by atoms with van der Waals surface area (Å²) in [7, 11) is -0.768. The molecule has 0 saturated carbocycles. The Bertz CT molecular complexity index is 402. The van der Waals surface area contributed by atoms with Crippen LogP contribution in [0.1, 0.15) is 57.7 Å². The van der Waals surface area contributed by atoms with Crippen molar-refractivity contribution in [2.45, 2.75) is 58.2 Å². The van der Waals surface area contributed by atoms with Gasteiger partial charge in [-0.3, -0.25) is 4.21 Å². The lowest BCUT2D eigenvalue weighted by Crippen LogP contribution is -2.34. The summed E-state index contributed by atoms with van der Waals surface area (Å²) < 4.78 is 12.3. The maximum absolute atomic E-state index is 12.3. The van der Waals surface area contributed by atoms with Gasteiger partial charge in [-0.25, -0.2) is 0 Å². The van der Waals surface area contributed by atoms with Crippen LogP contribution in [0.5, 0.6) is 0 Å². The molecule has 0 spiro atoms. The van der Waals surface area contributed by atoms with Crippen LogP contribution >= 0.6 is 0 Å². The molecule has 3 unspecified atom stereocenters. The maximum Gasteiger partial charge on any atom is 0.0514 e. The van der Waals surface area contributed by atoms with Crippen LogP contribution in [0.2, 0.25) is 0 Å². The number of hydrogen-bond acceptors (Lipinski definition) is 2. The first-order chi connectivity index (χ1) is 9.63. The molecule has 1 N–H and O–H groups in total. The molecule has 1 aromatic carbocycles. The van der Waals surface area contributed by atoms with Crippen LogP contribution in [0.15, 0.2) is 24.3 Å². The summed E-state index contributed by atoms with van der Waals surface area (Å²) in [5, 5.41) is 3.72. The van der Waals surface area contributed by atoms with Crippen molar-refractivity contribution in [2.24, 2.45) is 0 Å². The highest BCUT2D eigenvalue weighted by atomic mass is 32.2. The van der Waals surface area contributed by atoms with E-state index in [1.165, 1.54) is 11.1 Å². The molecule has 1 aromatic rings. The first-order valence-electron chi connectivity index (χ1n) is 7.83. The minimum absolute atomic E-state index is 0.147. The van der Waals surface area contributed by atoms with Gasteiger partial charge in [0.05, 0.1) is 5.25 Å². The van der Waals surface area contributed by atoms with E-state index in [2.05, 4.69) is 57.3 Å². The summed E-state index contributed by atoms with van der Waals surface area (Å²) in [5.74, 6) is 0.790. The molecule has 20 heavy (non-hydrogen) atoms. The van der Waals surface area contributed by atoms with Crippen molar-refractivity contribution in [1.82, 2.24) is 5.32 Å². The van der Waals surface area contributed by atoms with Gasteiger partial charge in [-0.1, -0.05) is 45.0 Å². The summed E-state index contributed by atoms with van der Waals surface area (Å²) in [6.45, 7) is 9.49. The van der Waals surface area contributed by atoms with Crippen molar-refractivity contribution in [3.8, 4) is 0 Å². The number of benzene rings is 1. The van der Waals surface area contributed by atoms with Crippen molar-refractivity contribution in [3.05, 3.63) is 35.4 Å². The predicted octanol–water partition coefficient (Wildman–Crippen LogP) is 3.84. The molecule has 0 heterocycles. The zero-order chi connectivity index (χ0) is 15.0. The summed E-state index contributed by atoms with van der Waals surface area (Å²) in [6.07, 6.45) is 3.13. The number of hydrogen-bond donors (Lipinski definition) is 1. The van der Waals surface area contributed by atoms with Crippen molar-refractivity contribution >= 4 is 10.8 Å². The van der Waals surface area contributed by atoms with E-state index in [4.69, 9.17) is 0 Å². The van der Waals surface area contributed by atoms with E-state index in [1.54, 1.807) is 0 Å². The van der Waals surface area contributed by atoms with Crippen molar-refractivity contribution in [1.29, 1.82) is 0 Å². The molecule has 0 aromatic heterocycles. The van der Waals surface area contributed by atoms with Gasteiger partial charge in [-0.15, -0.1) is 0 Å². The van der Waals surface area contributed by atoms with E-state index in [0.717, 1.165) is 31.6 Å². The van der Waals surface area contributed by atoms with E-state index < -0.39 is 10.8 Å². The fourth-order valence-electron chi connectivity index (χ4n) is 2.35. The van der Waals surface area contributed by atoms with E-state index >= 15 is 0 Å². The van der Waals surface area contributed by atoms with Gasteiger partial charge >= 0.3 is 0 Å². The van der Waals surface area contributed by atoms with E-state index in [9.17, 15) is 4.21 Å². The third-order valence-corrected chi connectivity index (χ3v) is 5.56. The fraction of sp³-hybridized carbons (Fsp3) is 0.647. The van der Waals surface area contributed by atoms with Crippen LogP contribution in [0.4, 0.5) is 0 Å². The summed E-state index contributed by atoms with van der Waals surface area (Å²) in [4.78, 5) is 0. The third-order valence-electron chi connectivity index (χ3n) is 3.65. The monoisotopic (exact) mass is 295 g/mol. The highest BCUT2D eigenvalue weighted by molar-refractivity contribution is 7.85. The Morgan fingerprint density at radius 3 is 2.25 bits per heavy atom. The molecule has 0 aliphatic carbocycles. The van der Waals surface area contributed by atoms with Gasteiger partial charge in [0.25, 0.3) is 0 Å². The largest absolute Gasteiger partial charge is 0.309 e. The van der Waals surface area contributed by atoms with Gasteiger partial charge in [0.2, 0.25) is 0 Å². The standard InChI is InChI=1S/C17H29NOS/c1-5-12-18-17(14(4)20(19)13-6-2)16-10-8-15(7-3)9-11-16/h8-11,14,17-18H,5-7,12-13H2,1-4H3. The summed E-state index contributed by atoms with van der Waals surface area (Å²) in [6, 6.07) is 8.93. The molecular formula is C17H29NOS. The zero-order valence-electron chi connectivity index (χ0n) is 13.3. The van der Waals surface area contributed by atoms with Crippen molar-refractivity contribution in [3.63, 3.8) is 0 Å². The van der Waals surface area contributed by atoms with Crippen LogP contribution < -0.4 is 5.32 Å². The van der Waals surface area contributed by atoms with E-state index in [0.29, 0.717) is 0 Å². The maximum atomic E-state index is 12.3.